The van der Waals surface area contributed by atoms with Crippen LogP contribution in [0.25, 0.3) is 0 Å². The van der Waals surface area contributed by atoms with Crippen molar-refractivity contribution in [1.29, 1.82) is 0 Å². The van der Waals surface area contributed by atoms with E-state index in [1.165, 1.54) is 22.4 Å². The molecule has 1 N–H and O–H groups in total. The van der Waals surface area contributed by atoms with Gasteiger partial charge in [0.15, 0.2) is 17.5 Å². The molecule has 2 aromatic rings. The molecular weight excluding hydrogens is 366 g/mol. The van der Waals surface area contributed by atoms with Gasteiger partial charge < -0.3 is 19.7 Å². The molecule has 1 aliphatic heterocycles. The van der Waals surface area contributed by atoms with Gasteiger partial charge in [0.05, 0.1) is 19.9 Å². The zero-order valence-corrected chi connectivity index (χ0v) is 18.5. The van der Waals surface area contributed by atoms with Crippen molar-refractivity contribution in [2.24, 2.45) is 12.0 Å². The van der Waals surface area contributed by atoms with E-state index in [9.17, 15) is 0 Å². The summed E-state index contributed by atoms with van der Waals surface area (Å²) in [5.41, 5.74) is 6.19. The van der Waals surface area contributed by atoms with Crippen LogP contribution in [-0.2, 0) is 26.4 Å². The van der Waals surface area contributed by atoms with E-state index in [4.69, 9.17) is 14.5 Å². The van der Waals surface area contributed by atoms with Crippen molar-refractivity contribution in [3.05, 3.63) is 40.2 Å². The predicted octanol–water partition coefficient (Wildman–Crippen LogP) is 2.62. The summed E-state index contributed by atoms with van der Waals surface area (Å²) in [6, 6.07) is 4.19. The van der Waals surface area contributed by atoms with Crippen molar-refractivity contribution in [2.45, 2.75) is 40.2 Å². The zero-order valence-electron chi connectivity index (χ0n) is 18.5. The molecule has 0 amide bonds. The number of benzene rings is 1. The van der Waals surface area contributed by atoms with Gasteiger partial charge in [-0.05, 0) is 62.4 Å². The molecule has 2 heterocycles. The lowest BCUT2D eigenvalue weighted by Crippen LogP contribution is -2.44. The molecule has 7 nitrogen and oxygen atoms in total. The smallest absolute Gasteiger partial charge is 0.194 e. The molecule has 1 aromatic carbocycles. The first-order valence-corrected chi connectivity index (χ1v) is 10.2. The number of fused-ring (bicyclic) bond motifs is 1. The van der Waals surface area contributed by atoms with Gasteiger partial charge in [0, 0.05) is 38.9 Å². The fourth-order valence-electron chi connectivity index (χ4n) is 3.94. The Morgan fingerprint density at radius 3 is 2.45 bits per heavy atom. The van der Waals surface area contributed by atoms with E-state index in [0.29, 0.717) is 0 Å². The van der Waals surface area contributed by atoms with Crippen molar-refractivity contribution in [1.82, 2.24) is 20.0 Å². The van der Waals surface area contributed by atoms with Crippen LogP contribution in [0.15, 0.2) is 17.1 Å². The predicted molar refractivity (Wildman–Crippen MR) is 116 cm³/mol. The largest absolute Gasteiger partial charge is 0.493 e. The maximum Gasteiger partial charge on any atom is 0.194 e. The van der Waals surface area contributed by atoms with Gasteiger partial charge in [-0.25, -0.2) is 0 Å². The van der Waals surface area contributed by atoms with E-state index in [-0.39, 0.29) is 0 Å². The van der Waals surface area contributed by atoms with Crippen molar-refractivity contribution in [2.75, 3.05) is 33.9 Å². The molecule has 0 aliphatic carbocycles. The highest BCUT2D eigenvalue weighted by Gasteiger charge is 2.21. The number of guanidine groups is 1. The van der Waals surface area contributed by atoms with Gasteiger partial charge in [0.1, 0.15) is 0 Å². The normalized spacial score (nSPS) is 14.0. The van der Waals surface area contributed by atoms with Crippen LogP contribution in [0.3, 0.4) is 0 Å². The summed E-state index contributed by atoms with van der Waals surface area (Å²) in [4.78, 5) is 7.23. The topological polar surface area (TPSA) is 63.9 Å². The maximum atomic E-state index is 5.49. The number of hydrogen-bond donors (Lipinski definition) is 1. The van der Waals surface area contributed by atoms with Crippen LogP contribution >= 0.6 is 0 Å². The molecule has 158 valence electrons. The molecule has 0 atom stereocenters. The Labute approximate surface area is 173 Å². The summed E-state index contributed by atoms with van der Waals surface area (Å²) >= 11 is 0. The fourth-order valence-corrected chi connectivity index (χ4v) is 3.94. The molecular formula is C22H33N5O2. The number of methoxy groups -OCH3 is 2. The van der Waals surface area contributed by atoms with E-state index in [0.717, 1.165) is 62.2 Å². The highest BCUT2D eigenvalue weighted by atomic mass is 16.5. The van der Waals surface area contributed by atoms with Gasteiger partial charge in [-0.15, -0.1) is 0 Å². The lowest BCUT2D eigenvalue weighted by atomic mass is 9.99. The molecule has 1 aromatic heterocycles. The quantitative estimate of drug-likeness (QED) is 0.598. The Kier molecular flexibility index (Phi) is 6.67. The third kappa shape index (κ3) is 4.49. The highest BCUT2D eigenvalue weighted by Crippen LogP contribution is 2.33. The maximum absolute atomic E-state index is 5.49. The molecule has 3 rings (SSSR count). The summed E-state index contributed by atoms with van der Waals surface area (Å²) < 4.78 is 12.9. The molecule has 0 radical (unpaired) electrons. The van der Waals surface area contributed by atoms with E-state index in [1.807, 2.05) is 11.7 Å². The average molecular weight is 400 g/mol. The average Bonchev–Trinajstić information content (AvgIpc) is 2.97. The summed E-state index contributed by atoms with van der Waals surface area (Å²) in [5.74, 6) is 2.53. The summed E-state index contributed by atoms with van der Waals surface area (Å²) in [5, 5.41) is 7.96. The Balaban J connectivity index is 1.75. The first-order chi connectivity index (χ1) is 14.0. The third-order valence-electron chi connectivity index (χ3n) is 5.63. The summed E-state index contributed by atoms with van der Waals surface area (Å²) in [7, 11) is 5.35. The Hall–Kier alpha value is -2.70. The van der Waals surface area contributed by atoms with Gasteiger partial charge >= 0.3 is 0 Å². The summed E-state index contributed by atoms with van der Waals surface area (Å²) in [6.07, 6.45) is 1.86. The second-order valence-corrected chi connectivity index (χ2v) is 7.41. The Morgan fingerprint density at radius 2 is 1.86 bits per heavy atom. The van der Waals surface area contributed by atoms with Gasteiger partial charge in [0.25, 0.3) is 0 Å². The second-order valence-electron chi connectivity index (χ2n) is 7.41. The molecule has 0 saturated heterocycles. The minimum absolute atomic E-state index is 0.741. The number of ether oxygens (including phenoxy) is 2. The van der Waals surface area contributed by atoms with E-state index < -0.39 is 0 Å². The van der Waals surface area contributed by atoms with Crippen molar-refractivity contribution >= 4 is 5.96 Å². The highest BCUT2D eigenvalue weighted by molar-refractivity contribution is 5.80. The van der Waals surface area contributed by atoms with Gasteiger partial charge in [-0.1, -0.05) is 0 Å². The first-order valence-electron chi connectivity index (χ1n) is 10.2. The second kappa shape index (κ2) is 9.20. The minimum atomic E-state index is 0.741. The van der Waals surface area contributed by atoms with Crippen molar-refractivity contribution in [3.8, 4) is 11.5 Å². The summed E-state index contributed by atoms with van der Waals surface area (Å²) in [6.45, 7) is 9.63. The van der Waals surface area contributed by atoms with Crippen molar-refractivity contribution in [3.63, 3.8) is 0 Å². The van der Waals surface area contributed by atoms with E-state index >= 15 is 0 Å². The van der Waals surface area contributed by atoms with Gasteiger partial charge in [0.2, 0.25) is 0 Å². The fraction of sp³-hybridized carbons (Fsp3) is 0.545. The monoisotopic (exact) mass is 399 g/mol. The number of nitrogens with zero attached hydrogens (tertiary/aromatic N) is 4. The minimum Gasteiger partial charge on any atom is -0.493 e. The van der Waals surface area contributed by atoms with Crippen LogP contribution < -0.4 is 14.8 Å². The zero-order chi connectivity index (χ0) is 21.0. The number of nitrogens with one attached hydrogen (secondary N) is 1. The van der Waals surface area contributed by atoms with Crippen LogP contribution in [0.1, 0.15) is 35.0 Å². The first kappa shape index (κ1) is 21.0. The standard InChI is InChI=1S/C22H33N5O2/c1-7-23-22(24-10-8-19-15(2)25-26(4)16(19)3)27-11-9-17-12-20(28-5)21(29-6)13-18(17)14-27/h12-13H,7-11,14H2,1-6H3,(H,23,24). The van der Waals surface area contributed by atoms with E-state index in [2.05, 4.69) is 48.2 Å². The Morgan fingerprint density at radius 1 is 1.17 bits per heavy atom. The molecule has 0 unspecified atom stereocenters. The molecule has 0 spiro atoms. The molecule has 1 aliphatic rings. The Bertz CT molecular complexity index is 888. The lowest BCUT2D eigenvalue weighted by molar-refractivity contribution is 0.346. The van der Waals surface area contributed by atoms with Gasteiger partial charge in [-0.2, -0.15) is 5.10 Å². The van der Waals surface area contributed by atoms with Gasteiger partial charge in [-0.3, -0.25) is 9.67 Å². The van der Waals surface area contributed by atoms with Crippen LogP contribution in [0.2, 0.25) is 0 Å². The number of aryl methyl sites for hydroxylation is 2. The van der Waals surface area contributed by atoms with Crippen molar-refractivity contribution < 1.29 is 9.47 Å². The molecule has 0 saturated carbocycles. The molecule has 7 heteroatoms. The number of rotatable bonds is 6. The number of aliphatic imine (C=N–C) groups is 1. The molecule has 29 heavy (non-hydrogen) atoms. The molecule has 0 bridgehead atoms. The number of aromatic nitrogens is 2. The van der Waals surface area contributed by atoms with Crippen LogP contribution in [-0.4, -0.2) is 54.5 Å². The van der Waals surface area contributed by atoms with E-state index in [1.54, 1.807) is 14.2 Å². The number of hydrogen-bond acceptors (Lipinski definition) is 4. The lowest BCUT2D eigenvalue weighted by Gasteiger charge is -2.32. The van der Waals surface area contributed by atoms with Crippen LogP contribution in [0, 0.1) is 13.8 Å². The van der Waals surface area contributed by atoms with Crippen LogP contribution in [0.4, 0.5) is 0 Å². The molecule has 0 fully saturated rings. The third-order valence-corrected chi connectivity index (χ3v) is 5.63. The van der Waals surface area contributed by atoms with Crippen LogP contribution in [0.5, 0.6) is 11.5 Å². The SMILES string of the molecule is CCNC(=NCCc1c(C)nn(C)c1C)N1CCc2cc(OC)c(OC)cc2C1.